The minimum absolute atomic E-state index is 0.0323. The number of fused-ring (bicyclic) bond motifs is 1. The third kappa shape index (κ3) is 3.38. The number of piperidine rings is 1. The van der Waals surface area contributed by atoms with Crippen molar-refractivity contribution in [2.24, 2.45) is 0 Å². The van der Waals surface area contributed by atoms with Crippen molar-refractivity contribution in [3.63, 3.8) is 0 Å². The summed E-state index contributed by atoms with van der Waals surface area (Å²) in [5.74, 6) is 2.18. The fraction of sp³-hybridized carbons (Fsp3) is 0.368. The van der Waals surface area contributed by atoms with Gasteiger partial charge in [-0.05, 0) is 49.6 Å². The molecular weight excluding hydrogens is 316 g/mol. The topological polar surface area (TPSA) is 74.2 Å². The Morgan fingerprint density at radius 3 is 2.96 bits per heavy atom. The first-order valence-electron chi connectivity index (χ1n) is 8.70. The van der Waals surface area contributed by atoms with Crippen LogP contribution in [0.3, 0.4) is 0 Å². The van der Waals surface area contributed by atoms with Crippen LogP contribution in [-0.4, -0.2) is 34.0 Å². The summed E-state index contributed by atoms with van der Waals surface area (Å²) in [5, 5.41) is 2.91. The monoisotopic (exact) mass is 338 g/mol. The summed E-state index contributed by atoms with van der Waals surface area (Å²) in [6.45, 7) is 3.99. The molecule has 25 heavy (non-hydrogen) atoms. The Labute approximate surface area is 146 Å². The summed E-state index contributed by atoms with van der Waals surface area (Å²) in [5.41, 5.74) is 3.33. The predicted octanol–water partition coefficient (Wildman–Crippen LogP) is 3.55. The van der Waals surface area contributed by atoms with E-state index >= 15 is 0 Å². The van der Waals surface area contributed by atoms with Gasteiger partial charge in [-0.15, -0.1) is 0 Å². The van der Waals surface area contributed by atoms with E-state index in [1.807, 2.05) is 17.0 Å². The second kappa shape index (κ2) is 6.63. The van der Waals surface area contributed by atoms with Crippen LogP contribution in [0.25, 0.3) is 11.0 Å². The standard InChI is InChI=1S/C19H22N4O2/c1-13-4-5-16-17(11-13)22-18(21-16)14-6-8-23(9-7-14)19(24)20-12-15-3-2-10-25-15/h2-5,10-11,14H,6-9,12H2,1H3,(H,20,24)(H,21,22). The highest BCUT2D eigenvalue weighted by Crippen LogP contribution is 2.28. The minimum atomic E-state index is -0.0323. The van der Waals surface area contributed by atoms with Crippen molar-refractivity contribution >= 4 is 17.1 Å². The molecule has 6 heteroatoms. The SMILES string of the molecule is Cc1ccc2nc(C3CCN(C(=O)NCc4ccco4)CC3)[nH]c2c1. The molecule has 0 spiro atoms. The van der Waals surface area contributed by atoms with Crippen LogP contribution in [0.5, 0.6) is 0 Å². The maximum atomic E-state index is 12.3. The molecule has 0 bridgehead atoms. The molecule has 2 amide bonds. The van der Waals surface area contributed by atoms with Crippen molar-refractivity contribution in [3.8, 4) is 0 Å². The van der Waals surface area contributed by atoms with Crippen LogP contribution in [0.15, 0.2) is 41.0 Å². The van der Waals surface area contributed by atoms with Gasteiger partial charge in [0.2, 0.25) is 0 Å². The second-order valence-electron chi connectivity index (χ2n) is 6.64. The molecule has 0 aliphatic carbocycles. The molecule has 3 heterocycles. The zero-order chi connectivity index (χ0) is 17.2. The lowest BCUT2D eigenvalue weighted by atomic mass is 9.96. The fourth-order valence-electron chi connectivity index (χ4n) is 3.38. The van der Waals surface area contributed by atoms with Gasteiger partial charge in [0.1, 0.15) is 11.6 Å². The van der Waals surface area contributed by atoms with Crippen LogP contribution in [0.4, 0.5) is 4.79 Å². The van der Waals surface area contributed by atoms with Crippen molar-refractivity contribution in [1.82, 2.24) is 20.2 Å². The third-order valence-corrected chi connectivity index (χ3v) is 4.82. The number of amides is 2. The molecule has 2 aromatic heterocycles. The predicted molar refractivity (Wildman–Crippen MR) is 95.3 cm³/mol. The molecule has 2 N–H and O–H groups in total. The molecule has 130 valence electrons. The summed E-state index contributed by atoms with van der Waals surface area (Å²) >= 11 is 0. The molecule has 0 radical (unpaired) electrons. The molecule has 1 fully saturated rings. The summed E-state index contributed by atoms with van der Waals surface area (Å²) in [7, 11) is 0. The molecule has 3 aromatic rings. The van der Waals surface area contributed by atoms with E-state index in [2.05, 4.69) is 35.4 Å². The lowest BCUT2D eigenvalue weighted by Crippen LogP contribution is -2.43. The van der Waals surface area contributed by atoms with Crippen LogP contribution in [0, 0.1) is 6.92 Å². The Morgan fingerprint density at radius 2 is 2.20 bits per heavy atom. The molecule has 6 nitrogen and oxygen atoms in total. The van der Waals surface area contributed by atoms with E-state index in [1.54, 1.807) is 6.26 Å². The third-order valence-electron chi connectivity index (χ3n) is 4.82. The number of hydrogen-bond acceptors (Lipinski definition) is 3. The van der Waals surface area contributed by atoms with Gasteiger partial charge >= 0.3 is 6.03 Å². The highest BCUT2D eigenvalue weighted by Gasteiger charge is 2.25. The molecule has 0 saturated carbocycles. The Morgan fingerprint density at radius 1 is 1.36 bits per heavy atom. The highest BCUT2D eigenvalue weighted by atomic mass is 16.3. The Hall–Kier alpha value is -2.76. The number of likely N-dealkylation sites (tertiary alicyclic amines) is 1. The number of carbonyl (C=O) groups is 1. The van der Waals surface area contributed by atoms with Crippen LogP contribution in [-0.2, 0) is 6.54 Å². The van der Waals surface area contributed by atoms with Gasteiger partial charge in [-0.2, -0.15) is 0 Å². The van der Waals surface area contributed by atoms with E-state index in [1.165, 1.54) is 5.56 Å². The van der Waals surface area contributed by atoms with Gasteiger partial charge in [0.25, 0.3) is 0 Å². The molecule has 0 unspecified atom stereocenters. The first-order valence-corrected chi connectivity index (χ1v) is 8.70. The number of hydrogen-bond donors (Lipinski definition) is 2. The van der Waals surface area contributed by atoms with Gasteiger partial charge in [-0.3, -0.25) is 0 Å². The molecule has 1 aromatic carbocycles. The van der Waals surface area contributed by atoms with Gasteiger partial charge in [0.05, 0.1) is 23.8 Å². The van der Waals surface area contributed by atoms with Gasteiger partial charge < -0.3 is 19.6 Å². The first kappa shape index (κ1) is 15.7. The van der Waals surface area contributed by atoms with E-state index in [-0.39, 0.29) is 6.03 Å². The maximum Gasteiger partial charge on any atom is 0.317 e. The number of aryl methyl sites for hydroxylation is 1. The molecule has 4 rings (SSSR count). The minimum Gasteiger partial charge on any atom is -0.467 e. The molecular formula is C19H22N4O2. The number of carbonyl (C=O) groups excluding carboxylic acids is 1. The number of H-pyrrole nitrogens is 1. The van der Waals surface area contributed by atoms with Gasteiger partial charge in [-0.1, -0.05) is 6.07 Å². The number of urea groups is 1. The largest absolute Gasteiger partial charge is 0.467 e. The van der Waals surface area contributed by atoms with Gasteiger partial charge in [-0.25, -0.2) is 9.78 Å². The Balaban J connectivity index is 1.34. The average molecular weight is 338 g/mol. The van der Waals surface area contributed by atoms with Crippen molar-refractivity contribution in [3.05, 3.63) is 53.7 Å². The molecule has 0 atom stereocenters. The van der Waals surface area contributed by atoms with E-state index in [9.17, 15) is 4.79 Å². The van der Waals surface area contributed by atoms with E-state index in [0.717, 1.165) is 48.5 Å². The van der Waals surface area contributed by atoms with Crippen LogP contribution in [0.2, 0.25) is 0 Å². The Kier molecular flexibility index (Phi) is 4.17. The van der Waals surface area contributed by atoms with Gasteiger partial charge in [0, 0.05) is 19.0 Å². The fourth-order valence-corrected chi connectivity index (χ4v) is 3.38. The lowest BCUT2D eigenvalue weighted by Gasteiger charge is -2.31. The Bertz CT molecular complexity index is 861. The van der Waals surface area contributed by atoms with E-state index in [4.69, 9.17) is 9.40 Å². The average Bonchev–Trinajstić information content (AvgIpc) is 3.29. The molecule has 1 saturated heterocycles. The number of aromatic nitrogens is 2. The highest BCUT2D eigenvalue weighted by molar-refractivity contribution is 5.76. The van der Waals surface area contributed by atoms with Gasteiger partial charge in [0.15, 0.2) is 0 Å². The number of furan rings is 1. The summed E-state index contributed by atoms with van der Waals surface area (Å²) in [6.07, 6.45) is 3.46. The number of aromatic amines is 1. The van der Waals surface area contributed by atoms with Crippen molar-refractivity contribution in [2.75, 3.05) is 13.1 Å². The molecule has 1 aliphatic rings. The number of benzene rings is 1. The first-order chi connectivity index (χ1) is 12.2. The smallest absolute Gasteiger partial charge is 0.317 e. The van der Waals surface area contributed by atoms with Crippen LogP contribution in [0.1, 0.15) is 35.9 Å². The van der Waals surface area contributed by atoms with Crippen molar-refractivity contribution in [1.29, 1.82) is 0 Å². The number of nitrogens with zero attached hydrogens (tertiary/aromatic N) is 2. The summed E-state index contributed by atoms with van der Waals surface area (Å²) in [4.78, 5) is 22.3. The van der Waals surface area contributed by atoms with Crippen LogP contribution >= 0.6 is 0 Å². The maximum absolute atomic E-state index is 12.3. The lowest BCUT2D eigenvalue weighted by molar-refractivity contribution is 0.179. The zero-order valence-corrected chi connectivity index (χ0v) is 14.3. The number of imidazole rings is 1. The molecule has 1 aliphatic heterocycles. The van der Waals surface area contributed by atoms with Crippen molar-refractivity contribution < 1.29 is 9.21 Å². The van der Waals surface area contributed by atoms with E-state index in [0.29, 0.717) is 12.5 Å². The number of nitrogens with one attached hydrogen (secondary N) is 2. The summed E-state index contributed by atoms with van der Waals surface area (Å²) in [6, 6.07) is 9.91. The van der Waals surface area contributed by atoms with Crippen LogP contribution < -0.4 is 5.32 Å². The number of rotatable bonds is 3. The van der Waals surface area contributed by atoms with Crippen molar-refractivity contribution in [2.45, 2.75) is 32.2 Å². The van der Waals surface area contributed by atoms with E-state index < -0.39 is 0 Å². The second-order valence-corrected chi connectivity index (χ2v) is 6.64. The zero-order valence-electron chi connectivity index (χ0n) is 14.3. The summed E-state index contributed by atoms with van der Waals surface area (Å²) < 4.78 is 5.24. The quantitative estimate of drug-likeness (QED) is 0.767. The normalized spacial score (nSPS) is 15.6.